The van der Waals surface area contributed by atoms with Gasteiger partial charge >= 0.3 is 5.97 Å². The predicted octanol–water partition coefficient (Wildman–Crippen LogP) is 2.24. The normalized spacial score (nSPS) is 17.3. The third-order valence-electron chi connectivity index (χ3n) is 5.62. The minimum atomic E-state index is -0.691. The van der Waals surface area contributed by atoms with Gasteiger partial charge < -0.3 is 29.7 Å². The number of carbonyl (C=O) groups is 1. The first-order valence-corrected chi connectivity index (χ1v) is 11.5. The van der Waals surface area contributed by atoms with E-state index in [-0.39, 0.29) is 30.3 Å². The van der Waals surface area contributed by atoms with E-state index in [1.807, 2.05) is 18.7 Å². The quantitative estimate of drug-likeness (QED) is 0.229. The van der Waals surface area contributed by atoms with Crippen molar-refractivity contribution in [2.45, 2.75) is 32.7 Å². The van der Waals surface area contributed by atoms with E-state index < -0.39 is 17.6 Å². The highest BCUT2D eigenvalue weighted by atomic mass is 19.1. The molecule has 0 aliphatic carbocycles. The Morgan fingerprint density at radius 3 is 2.64 bits per heavy atom. The van der Waals surface area contributed by atoms with Gasteiger partial charge in [-0.1, -0.05) is 23.4 Å². The zero-order chi connectivity index (χ0) is 25.7. The molecule has 0 saturated carbocycles. The fraction of sp³-hybridized carbons (Fsp3) is 0.458. The van der Waals surface area contributed by atoms with Crippen LogP contribution in [0.2, 0.25) is 0 Å². The molecule has 12 heteroatoms. The highest BCUT2D eigenvalue weighted by Crippen LogP contribution is 2.26. The summed E-state index contributed by atoms with van der Waals surface area (Å²) in [6.45, 7) is 6.14. The Labute approximate surface area is 207 Å². The summed E-state index contributed by atoms with van der Waals surface area (Å²) in [7, 11) is 0. The number of hydrogen-bond donors (Lipinski definition) is 2. The number of rotatable bonds is 9. The Morgan fingerprint density at radius 1 is 1.28 bits per heavy atom. The van der Waals surface area contributed by atoms with Gasteiger partial charge in [0.1, 0.15) is 31.3 Å². The third kappa shape index (κ3) is 6.52. The molecule has 1 aromatic heterocycles. The number of ether oxygens (including phenoxy) is 3. The van der Waals surface area contributed by atoms with E-state index in [9.17, 15) is 9.18 Å². The van der Waals surface area contributed by atoms with Crippen molar-refractivity contribution < 1.29 is 28.2 Å². The summed E-state index contributed by atoms with van der Waals surface area (Å²) < 4.78 is 31.2. The molecule has 2 fully saturated rings. The smallest absolute Gasteiger partial charge is 0.313 e. The van der Waals surface area contributed by atoms with Gasteiger partial charge in [0, 0.05) is 35.0 Å². The van der Waals surface area contributed by atoms with Crippen LogP contribution in [-0.4, -0.2) is 66.2 Å². The highest BCUT2D eigenvalue weighted by Gasteiger charge is 2.29. The molecule has 0 atom stereocenters. The van der Waals surface area contributed by atoms with Gasteiger partial charge in [0.15, 0.2) is 5.79 Å². The molecule has 3 heterocycles. The van der Waals surface area contributed by atoms with Gasteiger partial charge in [-0.2, -0.15) is 0 Å². The number of amidine groups is 1. The van der Waals surface area contributed by atoms with E-state index in [0.717, 1.165) is 5.71 Å². The Kier molecular flexibility index (Phi) is 7.75. The first kappa shape index (κ1) is 25.5. The molecular formula is C24H29FN6O5. The van der Waals surface area contributed by atoms with Crippen molar-refractivity contribution in [1.29, 1.82) is 5.41 Å². The summed E-state index contributed by atoms with van der Waals surface area (Å²) in [5.74, 6) is -1.44. The van der Waals surface area contributed by atoms with E-state index in [2.05, 4.69) is 15.1 Å². The van der Waals surface area contributed by atoms with Crippen LogP contribution in [0.4, 0.5) is 10.3 Å². The van der Waals surface area contributed by atoms with Crippen molar-refractivity contribution in [3.63, 3.8) is 0 Å². The van der Waals surface area contributed by atoms with E-state index in [1.165, 1.54) is 6.07 Å². The van der Waals surface area contributed by atoms with E-state index in [4.69, 9.17) is 30.2 Å². The fourth-order valence-electron chi connectivity index (χ4n) is 3.55. The SMILES string of the molecule is CC1(C)OCC(CON=C2CN(c3ncc(-c4cccc(COC(=O)CC(=N)N)c4F)cn3)C2)CO1. The lowest BCUT2D eigenvalue weighted by Gasteiger charge is -2.34. The molecule has 0 spiro atoms. The van der Waals surface area contributed by atoms with Crippen LogP contribution in [0.1, 0.15) is 25.8 Å². The molecule has 2 aliphatic heterocycles. The van der Waals surface area contributed by atoms with Crippen LogP contribution < -0.4 is 10.6 Å². The summed E-state index contributed by atoms with van der Waals surface area (Å²) in [6, 6.07) is 4.78. The van der Waals surface area contributed by atoms with Crippen molar-refractivity contribution in [3.8, 4) is 11.1 Å². The van der Waals surface area contributed by atoms with Gasteiger partial charge in [0.2, 0.25) is 5.95 Å². The number of nitrogens with zero attached hydrogens (tertiary/aromatic N) is 4. The lowest BCUT2D eigenvalue weighted by atomic mass is 10.1. The van der Waals surface area contributed by atoms with Gasteiger partial charge in [-0.05, 0) is 13.8 Å². The molecule has 2 aromatic rings. The van der Waals surface area contributed by atoms with Crippen LogP contribution in [0.15, 0.2) is 35.7 Å². The number of carbonyl (C=O) groups excluding carboxylic acids is 1. The van der Waals surface area contributed by atoms with Crippen molar-refractivity contribution in [1.82, 2.24) is 9.97 Å². The number of hydrogen-bond acceptors (Lipinski definition) is 10. The number of nitrogens with one attached hydrogen (secondary N) is 1. The molecule has 2 aliphatic rings. The molecule has 0 radical (unpaired) electrons. The van der Waals surface area contributed by atoms with Gasteiger partial charge in [-0.25, -0.2) is 14.4 Å². The van der Waals surface area contributed by atoms with E-state index in [1.54, 1.807) is 24.5 Å². The predicted molar refractivity (Wildman–Crippen MR) is 129 cm³/mol. The zero-order valence-electron chi connectivity index (χ0n) is 20.2. The van der Waals surface area contributed by atoms with Crippen molar-refractivity contribution >= 4 is 23.5 Å². The van der Waals surface area contributed by atoms with E-state index in [0.29, 0.717) is 50.0 Å². The maximum atomic E-state index is 15.0. The topological polar surface area (TPSA) is 145 Å². The lowest BCUT2D eigenvalue weighted by Crippen LogP contribution is -2.48. The summed E-state index contributed by atoms with van der Waals surface area (Å²) in [5.41, 5.74) is 7.03. The molecule has 0 unspecified atom stereocenters. The van der Waals surface area contributed by atoms with Crippen molar-refractivity contribution in [3.05, 3.63) is 42.0 Å². The maximum absolute atomic E-state index is 15.0. The third-order valence-corrected chi connectivity index (χ3v) is 5.62. The number of anilines is 1. The molecule has 3 N–H and O–H groups in total. The molecule has 4 rings (SSSR count). The van der Waals surface area contributed by atoms with Crippen LogP contribution in [0.5, 0.6) is 0 Å². The van der Waals surface area contributed by atoms with Crippen LogP contribution >= 0.6 is 0 Å². The average molecular weight is 501 g/mol. The monoisotopic (exact) mass is 500 g/mol. The Balaban J connectivity index is 1.27. The molecule has 1 aromatic carbocycles. The number of aromatic nitrogens is 2. The van der Waals surface area contributed by atoms with Crippen LogP contribution in [-0.2, 0) is 30.4 Å². The summed E-state index contributed by atoms with van der Waals surface area (Å²) in [6.07, 6.45) is 2.75. The summed E-state index contributed by atoms with van der Waals surface area (Å²) in [4.78, 5) is 27.7. The second-order valence-electron chi connectivity index (χ2n) is 9.11. The average Bonchev–Trinajstić information content (AvgIpc) is 2.81. The van der Waals surface area contributed by atoms with Gasteiger partial charge in [0.05, 0.1) is 32.0 Å². The van der Waals surface area contributed by atoms with Gasteiger partial charge in [-0.15, -0.1) is 0 Å². The largest absolute Gasteiger partial charge is 0.460 e. The standard InChI is InChI=1S/C24H29FN6O5/c1-24(2)34-11-15(12-35-24)13-36-30-18-9-31(10-18)23-28-7-17(8-29-23)19-5-3-4-16(22(19)25)14-33-21(32)6-20(26)27/h3-5,7-8,15H,6,9-14H2,1-2H3,(H3,26,27). The Hall–Kier alpha value is -3.64. The molecule has 192 valence electrons. The molecule has 2 saturated heterocycles. The number of benzene rings is 1. The molecule has 0 bridgehead atoms. The first-order valence-electron chi connectivity index (χ1n) is 11.5. The molecule has 11 nitrogen and oxygen atoms in total. The summed E-state index contributed by atoms with van der Waals surface area (Å²) >= 11 is 0. The van der Waals surface area contributed by atoms with Crippen LogP contribution in [0, 0.1) is 17.1 Å². The van der Waals surface area contributed by atoms with E-state index >= 15 is 0 Å². The first-order chi connectivity index (χ1) is 17.2. The second-order valence-corrected chi connectivity index (χ2v) is 9.11. The molecular weight excluding hydrogens is 471 g/mol. The Bertz CT molecular complexity index is 1120. The van der Waals surface area contributed by atoms with Crippen molar-refractivity contribution in [2.75, 3.05) is 37.8 Å². The minimum Gasteiger partial charge on any atom is -0.460 e. The van der Waals surface area contributed by atoms with Gasteiger partial charge in [0.25, 0.3) is 0 Å². The van der Waals surface area contributed by atoms with Gasteiger partial charge in [-0.3, -0.25) is 10.2 Å². The number of nitrogens with two attached hydrogens (primary N) is 1. The number of oxime groups is 1. The Morgan fingerprint density at radius 2 is 1.97 bits per heavy atom. The fourth-order valence-corrected chi connectivity index (χ4v) is 3.55. The lowest BCUT2D eigenvalue weighted by molar-refractivity contribution is -0.266. The summed E-state index contributed by atoms with van der Waals surface area (Å²) in [5, 5.41) is 11.3. The molecule has 36 heavy (non-hydrogen) atoms. The number of halogens is 1. The highest BCUT2D eigenvalue weighted by molar-refractivity contribution is 5.98. The van der Waals surface area contributed by atoms with Crippen molar-refractivity contribution in [2.24, 2.45) is 16.8 Å². The molecule has 0 amide bonds. The van der Waals surface area contributed by atoms with Crippen LogP contribution in [0.3, 0.4) is 0 Å². The minimum absolute atomic E-state index is 0.140. The van der Waals surface area contributed by atoms with Crippen LogP contribution in [0.25, 0.3) is 11.1 Å². The second kappa shape index (κ2) is 11.0. The number of esters is 1. The zero-order valence-corrected chi connectivity index (χ0v) is 20.2. The maximum Gasteiger partial charge on any atom is 0.313 e.